The van der Waals surface area contributed by atoms with E-state index in [0.29, 0.717) is 18.2 Å². The molecule has 0 saturated heterocycles. The van der Waals surface area contributed by atoms with Crippen LogP contribution < -0.4 is 5.32 Å². The lowest BCUT2D eigenvalue weighted by molar-refractivity contribution is 0.0599. The summed E-state index contributed by atoms with van der Waals surface area (Å²) < 4.78 is 4.76. The zero-order valence-electron chi connectivity index (χ0n) is 10.5. The quantitative estimate of drug-likeness (QED) is 0.790. The number of methoxy groups -OCH3 is 1. The number of rotatable bonds is 6. The second kappa shape index (κ2) is 7.35. The van der Waals surface area contributed by atoms with Crippen molar-refractivity contribution >= 4 is 17.7 Å². The summed E-state index contributed by atoms with van der Waals surface area (Å²) in [6.07, 6.45) is 2.08. The lowest BCUT2D eigenvalue weighted by atomic mass is 10.1. The molecule has 0 amide bonds. The number of ether oxygens (including phenoxy) is 1. The van der Waals surface area contributed by atoms with Gasteiger partial charge in [-0.25, -0.2) is 4.79 Å². The average molecular weight is 253 g/mol. The third-order valence-corrected chi connectivity index (χ3v) is 3.31. The monoisotopic (exact) mass is 253 g/mol. The van der Waals surface area contributed by atoms with Crippen LogP contribution in [0.2, 0.25) is 0 Å². The van der Waals surface area contributed by atoms with Gasteiger partial charge in [-0.1, -0.05) is 18.2 Å². The van der Waals surface area contributed by atoms with E-state index < -0.39 is 0 Å². The molecule has 0 bridgehead atoms. The molecular weight excluding hydrogens is 234 g/mol. The molecule has 17 heavy (non-hydrogen) atoms. The summed E-state index contributed by atoms with van der Waals surface area (Å²) >= 11 is 1.81. The summed E-state index contributed by atoms with van der Waals surface area (Å²) in [5, 5.41) is 3.39. The van der Waals surface area contributed by atoms with E-state index >= 15 is 0 Å². The topological polar surface area (TPSA) is 38.3 Å². The molecule has 1 unspecified atom stereocenters. The molecule has 0 aromatic heterocycles. The molecule has 1 atom stereocenters. The van der Waals surface area contributed by atoms with Crippen molar-refractivity contribution in [2.75, 3.05) is 19.1 Å². The molecule has 0 aliphatic heterocycles. The van der Waals surface area contributed by atoms with Crippen molar-refractivity contribution < 1.29 is 9.53 Å². The molecule has 0 aliphatic carbocycles. The van der Waals surface area contributed by atoms with Crippen LogP contribution >= 0.6 is 11.8 Å². The molecule has 0 heterocycles. The van der Waals surface area contributed by atoms with Crippen LogP contribution in [0.15, 0.2) is 24.3 Å². The summed E-state index contributed by atoms with van der Waals surface area (Å²) in [4.78, 5) is 11.6. The number of nitrogens with one attached hydrogen (secondary N) is 1. The van der Waals surface area contributed by atoms with E-state index in [4.69, 9.17) is 4.74 Å². The van der Waals surface area contributed by atoms with Crippen molar-refractivity contribution in [2.24, 2.45) is 0 Å². The Kier molecular flexibility index (Phi) is 6.08. The minimum Gasteiger partial charge on any atom is -0.465 e. The van der Waals surface area contributed by atoms with Gasteiger partial charge in [0.1, 0.15) is 0 Å². The minimum atomic E-state index is -0.278. The Morgan fingerprint density at radius 2 is 2.18 bits per heavy atom. The highest BCUT2D eigenvalue weighted by Gasteiger charge is 2.11. The number of esters is 1. The highest BCUT2D eigenvalue weighted by molar-refractivity contribution is 7.98. The first-order valence-electron chi connectivity index (χ1n) is 5.57. The summed E-state index contributed by atoms with van der Waals surface area (Å²) in [6, 6.07) is 7.95. The van der Waals surface area contributed by atoms with E-state index in [2.05, 4.69) is 18.5 Å². The molecule has 1 aromatic rings. The molecule has 94 valence electrons. The van der Waals surface area contributed by atoms with E-state index in [-0.39, 0.29) is 5.97 Å². The second-order valence-electron chi connectivity index (χ2n) is 3.89. The van der Waals surface area contributed by atoms with Crippen molar-refractivity contribution in [3.63, 3.8) is 0 Å². The van der Waals surface area contributed by atoms with Crippen molar-refractivity contribution in [1.29, 1.82) is 0 Å². The van der Waals surface area contributed by atoms with Crippen molar-refractivity contribution in [1.82, 2.24) is 5.32 Å². The number of carbonyl (C=O) groups is 1. The number of benzene rings is 1. The Morgan fingerprint density at radius 3 is 2.82 bits per heavy atom. The standard InChI is InChI=1S/C13H19NO2S/c1-10(9-17-3)14-8-11-6-4-5-7-12(11)13(15)16-2/h4-7,10,14H,8-9H2,1-3H3. The van der Waals surface area contributed by atoms with Crippen molar-refractivity contribution in [3.8, 4) is 0 Å². The van der Waals surface area contributed by atoms with Gasteiger partial charge >= 0.3 is 5.97 Å². The van der Waals surface area contributed by atoms with Gasteiger partial charge in [0, 0.05) is 18.3 Å². The van der Waals surface area contributed by atoms with Gasteiger partial charge in [-0.3, -0.25) is 0 Å². The fourth-order valence-corrected chi connectivity index (χ4v) is 2.19. The van der Waals surface area contributed by atoms with Gasteiger partial charge in [0.15, 0.2) is 0 Å². The fraction of sp³-hybridized carbons (Fsp3) is 0.462. The van der Waals surface area contributed by atoms with Crippen molar-refractivity contribution in [2.45, 2.75) is 19.5 Å². The summed E-state index contributed by atoms with van der Waals surface area (Å²) in [5.41, 5.74) is 1.62. The lowest BCUT2D eigenvalue weighted by Crippen LogP contribution is -2.28. The molecule has 1 N–H and O–H groups in total. The van der Waals surface area contributed by atoms with Crippen LogP contribution in [0.4, 0.5) is 0 Å². The van der Waals surface area contributed by atoms with Gasteiger partial charge in [-0.15, -0.1) is 0 Å². The Hall–Kier alpha value is -1.00. The molecule has 0 spiro atoms. The summed E-state index contributed by atoms with van der Waals surface area (Å²) in [6.45, 7) is 2.82. The maximum atomic E-state index is 11.6. The highest BCUT2D eigenvalue weighted by Crippen LogP contribution is 2.10. The summed E-state index contributed by atoms with van der Waals surface area (Å²) in [7, 11) is 1.41. The molecule has 0 saturated carbocycles. The molecular formula is C13H19NO2S. The van der Waals surface area contributed by atoms with Gasteiger partial charge in [0.25, 0.3) is 0 Å². The maximum absolute atomic E-state index is 11.6. The largest absolute Gasteiger partial charge is 0.465 e. The second-order valence-corrected chi connectivity index (χ2v) is 4.80. The first kappa shape index (κ1) is 14.1. The van der Waals surface area contributed by atoms with Crippen LogP contribution in [0, 0.1) is 0 Å². The number of carbonyl (C=O) groups excluding carboxylic acids is 1. The van der Waals surface area contributed by atoms with Crippen LogP contribution in [0.25, 0.3) is 0 Å². The van der Waals surface area contributed by atoms with Crippen LogP contribution in [0.1, 0.15) is 22.8 Å². The minimum absolute atomic E-state index is 0.278. The zero-order valence-corrected chi connectivity index (χ0v) is 11.3. The molecule has 0 radical (unpaired) electrons. The number of hydrogen-bond acceptors (Lipinski definition) is 4. The van der Waals surface area contributed by atoms with Crippen LogP contribution in [0.5, 0.6) is 0 Å². The first-order valence-corrected chi connectivity index (χ1v) is 6.97. The third kappa shape index (κ3) is 4.40. The Morgan fingerprint density at radius 1 is 1.47 bits per heavy atom. The predicted molar refractivity (Wildman–Crippen MR) is 72.5 cm³/mol. The van der Waals surface area contributed by atoms with Crippen LogP contribution in [0.3, 0.4) is 0 Å². The van der Waals surface area contributed by atoms with E-state index in [0.717, 1.165) is 11.3 Å². The van der Waals surface area contributed by atoms with Gasteiger partial charge < -0.3 is 10.1 Å². The van der Waals surface area contributed by atoms with Gasteiger partial charge in [0.05, 0.1) is 12.7 Å². The molecule has 0 fully saturated rings. The number of thioether (sulfide) groups is 1. The molecule has 1 aromatic carbocycles. The zero-order chi connectivity index (χ0) is 12.7. The third-order valence-electron chi connectivity index (χ3n) is 2.48. The van der Waals surface area contributed by atoms with E-state index in [9.17, 15) is 4.79 Å². The number of hydrogen-bond donors (Lipinski definition) is 1. The van der Waals surface area contributed by atoms with E-state index in [1.165, 1.54) is 7.11 Å². The van der Waals surface area contributed by atoms with Gasteiger partial charge in [0.2, 0.25) is 0 Å². The summed E-state index contributed by atoms with van der Waals surface area (Å²) in [5.74, 6) is 0.778. The van der Waals surface area contributed by atoms with Crippen LogP contribution in [-0.2, 0) is 11.3 Å². The molecule has 3 nitrogen and oxygen atoms in total. The molecule has 1 rings (SSSR count). The van der Waals surface area contributed by atoms with Gasteiger partial charge in [-0.2, -0.15) is 11.8 Å². The normalized spacial score (nSPS) is 12.2. The van der Waals surface area contributed by atoms with E-state index in [1.54, 1.807) is 17.8 Å². The average Bonchev–Trinajstić information content (AvgIpc) is 2.36. The van der Waals surface area contributed by atoms with Crippen LogP contribution in [-0.4, -0.2) is 31.1 Å². The van der Waals surface area contributed by atoms with Crippen molar-refractivity contribution in [3.05, 3.63) is 35.4 Å². The van der Waals surface area contributed by atoms with Gasteiger partial charge in [-0.05, 0) is 24.8 Å². The lowest BCUT2D eigenvalue weighted by Gasteiger charge is -2.14. The Labute approximate surface area is 107 Å². The predicted octanol–water partition coefficient (Wildman–Crippen LogP) is 2.31. The van der Waals surface area contributed by atoms with E-state index in [1.807, 2.05) is 18.2 Å². The fourth-order valence-electron chi connectivity index (χ4n) is 1.58. The first-order chi connectivity index (χ1) is 8.19. The maximum Gasteiger partial charge on any atom is 0.338 e. The highest BCUT2D eigenvalue weighted by atomic mass is 32.2. The Bertz CT molecular complexity index is 368. The Balaban J connectivity index is 2.67. The molecule has 4 heteroatoms. The smallest absolute Gasteiger partial charge is 0.338 e. The molecule has 0 aliphatic rings. The SMILES string of the molecule is COC(=O)c1ccccc1CNC(C)CSC.